The van der Waals surface area contributed by atoms with E-state index in [1.807, 2.05) is 24.3 Å². The third kappa shape index (κ3) is 2.56. The van der Waals surface area contributed by atoms with Crippen LogP contribution in [-0.4, -0.2) is 5.78 Å². The second-order valence-electron chi connectivity index (χ2n) is 3.32. The van der Waals surface area contributed by atoms with Crippen LogP contribution in [0.25, 0.3) is 6.08 Å². The molecule has 1 heteroatoms. The zero-order valence-corrected chi connectivity index (χ0v) is 8.62. The molecular formula is C13H16O. The third-order valence-corrected chi connectivity index (χ3v) is 2.24. The molecule has 0 saturated carbocycles. The van der Waals surface area contributed by atoms with Gasteiger partial charge in [-0.25, -0.2) is 0 Å². The molecule has 0 radical (unpaired) electrons. The number of ketones is 1. The minimum atomic E-state index is 0.224. The summed E-state index contributed by atoms with van der Waals surface area (Å²) in [5, 5.41) is 0. The van der Waals surface area contributed by atoms with Crippen LogP contribution in [0.4, 0.5) is 0 Å². The number of Topliss-reactive ketones (excluding diaryl/α,β-unsaturated/α-hetero) is 1. The molecule has 0 heterocycles. The molecule has 0 aliphatic heterocycles. The van der Waals surface area contributed by atoms with Gasteiger partial charge < -0.3 is 0 Å². The molecule has 0 fully saturated rings. The van der Waals surface area contributed by atoms with E-state index in [1.54, 1.807) is 6.08 Å². The van der Waals surface area contributed by atoms with Gasteiger partial charge in [0, 0.05) is 12.0 Å². The molecule has 0 bridgehead atoms. The Balaban J connectivity index is 2.83. The molecule has 1 aromatic rings. The molecule has 0 aromatic heterocycles. The first-order valence-corrected chi connectivity index (χ1v) is 5.04. The Bertz CT molecular complexity index is 326. The molecule has 74 valence electrons. The van der Waals surface area contributed by atoms with Crippen molar-refractivity contribution in [3.05, 3.63) is 42.0 Å². The Morgan fingerprint density at radius 2 is 2.14 bits per heavy atom. The second-order valence-corrected chi connectivity index (χ2v) is 3.32. The molecule has 0 amide bonds. The van der Waals surface area contributed by atoms with E-state index >= 15 is 0 Å². The van der Waals surface area contributed by atoms with Gasteiger partial charge in [0.05, 0.1) is 0 Å². The molecule has 14 heavy (non-hydrogen) atoms. The lowest BCUT2D eigenvalue weighted by atomic mass is 10.0. The van der Waals surface area contributed by atoms with Crippen molar-refractivity contribution in [1.29, 1.82) is 0 Å². The zero-order valence-electron chi connectivity index (χ0n) is 8.62. The number of unbranched alkanes of at least 4 members (excludes halogenated alkanes) is 1. The van der Waals surface area contributed by atoms with Crippen LogP contribution in [0.15, 0.2) is 30.8 Å². The van der Waals surface area contributed by atoms with Crippen LogP contribution in [0, 0.1) is 0 Å². The lowest BCUT2D eigenvalue weighted by Gasteiger charge is -2.03. The Labute approximate surface area is 85.5 Å². The van der Waals surface area contributed by atoms with Crippen molar-refractivity contribution in [3.8, 4) is 0 Å². The summed E-state index contributed by atoms with van der Waals surface area (Å²) in [6, 6.07) is 7.61. The Morgan fingerprint density at radius 3 is 2.79 bits per heavy atom. The van der Waals surface area contributed by atoms with E-state index in [9.17, 15) is 4.79 Å². The SMILES string of the molecule is C=Cc1ccccc1C(=O)CCCC. The van der Waals surface area contributed by atoms with Crippen LogP contribution in [0.1, 0.15) is 42.1 Å². The van der Waals surface area contributed by atoms with Gasteiger partial charge in [0.2, 0.25) is 0 Å². The maximum Gasteiger partial charge on any atom is 0.163 e. The van der Waals surface area contributed by atoms with E-state index in [2.05, 4.69) is 13.5 Å². The highest BCUT2D eigenvalue weighted by molar-refractivity contribution is 5.99. The Hall–Kier alpha value is -1.37. The highest BCUT2D eigenvalue weighted by atomic mass is 16.1. The monoisotopic (exact) mass is 188 g/mol. The molecule has 1 rings (SSSR count). The van der Waals surface area contributed by atoms with Gasteiger partial charge in [-0.1, -0.05) is 50.3 Å². The van der Waals surface area contributed by atoms with Crippen molar-refractivity contribution >= 4 is 11.9 Å². The van der Waals surface area contributed by atoms with Gasteiger partial charge in [-0.3, -0.25) is 4.79 Å². The van der Waals surface area contributed by atoms with Crippen molar-refractivity contribution in [1.82, 2.24) is 0 Å². The first-order chi connectivity index (χ1) is 6.79. The van der Waals surface area contributed by atoms with Crippen LogP contribution in [0.2, 0.25) is 0 Å². The van der Waals surface area contributed by atoms with Crippen molar-refractivity contribution in [3.63, 3.8) is 0 Å². The normalized spacial score (nSPS) is 9.79. The average Bonchev–Trinajstić information content (AvgIpc) is 2.25. The molecule has 0 atom stereocenters. The fraction of sp³-hybridized carbons (Fsp3) is 0.308. The molecule has 0 N–H and O–H groups in total. The van der Waals surface area contributed by atoms with Crippen LogP contribution in [0.3, 0.4) is 0 Å². The average molecular weight is 188 g/mol. The van der Waals surface area contributed by atoms with Gasteiger partial charge in [0.25, 0.3) is 0 Å². The lowest BCUT2D eigenvalue weighted by Crippen LogP contribution is -2.00. The van der Waals surface area contributed by atoms with E-state index < -0.39 is 0 Å². The highest BCUT2D eigenvalue weighted by Crippen LogP contribution is 2.13. The van der Waals surface area contributed by atoms with Crippen molar-refractivity contribution in [2.24, 2.45) is 0 Å². The summed E-state index contributed by atoms with van der Waals surface area (Å²) < 4.78 is 0. The Morgan fingerprint density at radius 1 is 1.43 bits per heavy atom. The molecule has 1 aromatic carbocycles. The minimum absolute atomic E-state index is 0.224. The summed E-state index contributed by atoms with van der Waals surface area (Å²) in [6.45, 7) is 5.79. The van der Waals surface area contributed by atoms with Gasteiger partial charge in [0.1, 0.15) is 0 Å². The van der Waals surface area contributed by atoms with E-state index in [1.165, 1.54) is 0 Å². The minimum Gasteiger partial charge on any atom is -0.294 e. The number of benzene rings is 1. The predicted octanol–water partition coefficient (Wildman–Crippen LogP) is 3.70. The van der Waals surface area contributed by atoms with Crippen molar-refractivity contribution < 1.29 is 4.79 Å². The van der Waals surface area contributed by atoms with Gasteiger partial charge in [-0.05, 0) is 12.0 Å². The van der Waals surface area contributed by atoms with Gasteiger partial charge in [0.15, 0.2) is 5.78 Å². The number of rotatable bonds is 5. The van der Waals surface area contributed by atoms with E-state index in [0.717, 1.165) is 24.0 Å². The summed E-state index contributed by atoms with van der Waals surface area (Å²) in [7, 11) is 0. The zero-order chi connectivity index (χ0) is 10.4. The quantitative estimate of drug-likeness (QED) is 0.644. The maximum absolute atomic E-state index is 11.7. The predicted molar refractivity (Wildman–Crippen MR) is 60.4 cm³/mol. The molecular weight excluding hydrogens is 172 g/mol. The molecule has 1 nitrogen and oxygen atoms in total. The fourth-order valence-electron chi connectivity index (χ4n) is 1.40. The van der Waals surface area contributed by atoms with Crippen LogP contribution < -0.4 is 0 Å². The van der Waals surface area contributed by atoms with E-state index in [4.69, 9.17) is 0 Å². The van der Waals surface area contributed by atoms with E-state index in [-0.39, 0.29) is 5.78 Å². The van der Waals surface area contributed by atoms with E-state index in [0.29, 0.717) is 6.42 Å². The summed E-state index contributed by atoms with van der Waals surface area (Å²) >= 11 is 0. The fourth-order valence-corrected chi connectivity index (χ4v) is 1.40. The largest absolute Gasteiger partial charge is 0.294 e. The molecule has 0 spiro atoms. The number of carbonyl (C=O) groups is 1. The molecule has 0 aliphatic carbocycles. The molecule has 0 saturated heterocycles. The molecule has 0 unspecified atom stereocenters. The summed E-state index contributed by atoms with van der Waals surface area (Å²) in [6.07, 6.45) is 4.40. The molecule has 0 aliphatic rings. The lowest BCUT2D eigenvalue weighted by molar-refractivity contribution is 0.0979. The third-order valence-electron chi connectivity index (χ3n) is 2.24. The Kier molecular flexibility index (Phi) is 4.11. The summed E-state index contributed by atoms with van der Waals surface area (Å²) in [5.41, 5.74) is 1.74. The number of carbonyl (C=O) groups excluding carboxylic acids is 1. The summed E-state index contributed by atoms with van der Waals surface area (Å²) in [4.78, 5) is 11.7. The van der Waals surface area contributed by atoms with Crippen molar-refractivity contribution in [2.45, 2.75) is 26.2 Å². The van der Waals surface area contributed by atoms with Crippen LogP contribution in [-0.2, 0) is 0 Å². The smallest absolute Gasteiger partial charge is 0.163 e. The number of hydrogen-bond donors (Lipinski definition) is 0. The first-order valence-electron chi connectivity index (χ1n) is 5.04. The van der Waals surface area contributed by atoms with Gasteiger partial charge in [-0.15, -0.1) is 0 Å². The van der Waals surface area contributed by atoms with Crippen LogP contribution in [0.5, 0.6) is 0 Å². The topological polar surface area (TPSA) is 17.1 Å². The standard InChI is InChI=1S/C13H16O/c1-3-5-10-13(14)12-9-7-6-8-11(12)4-2/h4,6-9H,2-3,5,10H2,1H3. The summed E-state index contributed by atoms with van der Waals surface area (Å²) in [5.74, 6) is 0.224. The first kappa shape index (κ1) is 10.7. The second kappa shape index (κ2) is 5.38. The maximum atomic E-state index is 11.7. The van der Waals surface area contributed by atoms with Gasteiger partial charge >= 0.3 is 0 Å². The van der Waals surface area contributed by atoms with Crippen molar-refractivity contribution in [2.75, 3.05) is 0 Å². The highest BCUT2D eigenvalue weighted by Gasteiger charge is 2.07. The number of hydrogen-bond acceptors (Lipinski definition) is 1. The van der Waals surface area contributed by atoms with Crippen LogP contribution >= 0.6 is 0 Å². The van der Waals surface area contributed by atoms with Gasteiger partial charge in [-0.2, -0.15) is 0 Å².